The number of aryl methyl sites for hydroxylation is 1. The smallest absolute Gasteiger partial charge is 0.229 e. The molecule has 37 heavy (non-hydrogen) atoms. The van der Waals surface area contributed by atoms with Gasteiger partial charge >= 0.3 is 0 Å². The van der Waals surface area contributed by atoms with Gasteiger partial charge in [-0.05, 0) is 52.4 Å². The molecule has 11 nitrogen and oxygen atoms in total. The summed E-state index contributed by atoms with van der Waals surface area (Å²) in [5.41, 5.74) is 2.52. The highest BCUT2D eigenvalue weighted by molar-refractivity contribution is 5.61. The van der Waals surface area contributed by atoms with Gasteiger partial charge in [0.25, 0.3) is 0 Å². The van der Waals surface area contributed by atoms with Crippen molar-refractivity contribution in [1.82, 2.24) is 35.2 Å². The second-order valence-corrected chi connectivity index (χ2v) is 10.0. The Kier molecular flexibility index (Phi) is 6.21. The fourth-order valence-electron chi connectivity index (χ4n) is 5.14. The first-order chi connectivity index (χ1) is 18.0. The second-order valence-electron chi connectivity index (χ2n) is 10.0. The summed E-state index contributed by atoms with van der Waals surface area (Å²) < 4.78 is 5.82. The monoisotopic (exact) mass is 500 g/mol. The fourth-order valence-corrected chi connectivity index (χ4v) is 5.14. The Hall–Kier alpha value is -3.99. The quantitative estimate of drug-likeness (QED) is 0.388. The van der Waals surface area contributed by atoms with Crippen molar-refractivity contribution in [3.05, 3.63) is 54.0 Å². The molecular weight excluding hydrogens is 468 g/mol. The SMILES string of the molecule is Cc1cc(Nc2cc(N3CC[C@@H](N(C)C)C3)nc(N3CCC[C@H]3c3cc(-c4ccccn4)no3)n2)n[nH]1. The number of nitrogens with one attached hydrogen (secondary N) is 2. The molecule has 4 aromatic rings. The van der Waals surface area contributed by atoms with E-state index in [9.17, 15) is 0 Å². The molecule has 2 fully saturated rings. The van der Waals surface area contributed by atoms with Gasteiger partial charge < -0.3 is 24.5 Å². The van der Waals surface area contributed by atoms with Crippen molar-refractivity contribution >= 4 is 23.4 Å². The zero-order valence-electron chi connectivity index (χ0n) is 21.4. The standard InChI is InChI=1S/C26H32N10O/c1-17-13-24(32-31-17)28-23-15-25(35-12-9-18(16-35)34(2)3)30-26(29-23)36-11-6-8-21(36)22-14-20(33-37-22)19-7-4-5-10-27-19/h4-5,7,10,13-15,18,21H,6,8-9,11-12,16H2,1-3H3,(H2,28,29,30,31,32)/t18-,21+/m1/s1. The number of likely N-dealkylation sites (N-methyl/N-ethyl adjacent to an activating group) is 1. The molecule has 6 rings (SSSR count). The Labute approximate surface area is 215 Å². The average molecular weight is 501 g/mol. The zero-order chi connectivity index (χ0) is 25.4. The normalized spacial score (nSPS) is 19.8. The highest BCUT2D eigenvalue weighted by atomic mass is 16.5. The maximum Gasteiger partial charge on any atom is 0.229 e. The number of anilines is 4. The molecule has 0 saturated carbocycles. The van der Waals surface area contributed by atoms with Gasteiger partial charge in [0.1, 0.15) is 17.3 Å². The Morgan fingerprint density at radius 2 is 1.97 bits per heavy atom. The Morgan fingerprint density at radius 3 is 2.73 bits per heavy atom. The molecule has 192 valence electrons. The predicted octanol–water partition coefficient (Wildman–Crippen LogP) is 3.78. The predicted molar refractivity (Wildman–Crippen MR) is 142 cm³/mol. The van der Waals surface area contributed by atoms with E-state index in [-0.39, 0.29) is 6.04 Å². The number of hydrogen-bond donors (Lipinski definition) is 2. The van der Waals surface area contributed by atoms with Crippen molar-refractivity contribution < 1.29 is 4.52 Å². The van der Waals surface area contributed by atoms with Gasteiger partial charge in [0.15, 0.2) is 11.6 Å². The van der Waals surface area contributed by atoms with Crippen LogP contribution in [0.3, 0.4) is 0 Å². The number of nitrogens with zero attached hydrogens (tertiary/aromatic N) is 8. The summed E-state index contributed by atoms with van der Waals surface area (Å²) in [7, 11) is 4.27. The molecule has 2 saturated heterocycles. The molecule has 6 heterocycles. The van der Waals surface area contributed by atoms with Crippen molar-refractivity contribution in [3.8, 4) is 11.4 Å². The molecule has 2 aliphatic rings. The van der Waals surface area contributed by atoms with Crippen molar-refractivity contribution in [2.45, 2.75) is 38.3 Å². The molecule has 0 aliphatic carbocycles. The number of H-pyrrole nitrogens is 1. The van der Waals surface area contributed by atoms with Crippen molar-refractivity contribution in [3.63, 3.8) is 0 Å². The van der Waals surface area contributed by atoms with Crippen molar-refractivity contribution in [2.75, 3.05) is 48.8 Å². The summed E-state index contributed by atoms with van der Waals surface area (Å²) in [6.07, 6.45) is 4.83. The van der Waals surface area contributed by atoms with Gasteiger partial charge in [0.2, 0.25) is 5.95 Å². The van der Waals surface area contributed by atoms with Crippen LogP contribution in [0.4, 0.5) is 23.4 Å². The maximum absolute atomic E-state index is 5.82. The van der Waals surface area contributed by atoms with E-state index in [1.807, 2.05) is 43.3 Å². The summed E-state index contributed by atoms with van der Waals surface area (Å²) in [6.45, 7) is 4.71. The molecule has 4 aromatic heterocycles. The molecule has 0 unspecified atom stereocenters. The molecule has 2 atom stereocenters. The first-order valence-corrected chi connectivity index (χ1v) is 12.8. The van der Waals surface area contributed by atoms with E-state index in [4.69, 9.17) is 14.5 Å². The summed E-state index contributed by atoms with van der Waals surface area (Å²) >= 11 is 0. The number of pyridine rings is 1. The van der Waals surface area contributed by atoms with Crippen LogP contribution >= 0.6 is 0 Å². The van der Waals surface area contributed by atoms with Gasteiger partial charge in [0.05, 0.1) is 11.7 Å². The van der Waals surface area contributed by atoms with E-state index in [0.717, 1.165) is 79.2 Å². The lowest BCUT2D eigenvalue weighted by Gasteiger charge is -2.26. The van der Waals surface area contributed by atoms with Crippen LogP contribution in [-0.2, 0) is 0 Å². The Bertz CT molecular complexity index is 1350. The van der Waals surface area contributed by atoms with E-state index in [1.165, 1.54) is 0 Å². The largest absolute Gasteiger partial charge is 0.358 e. The van der Waals surface area contributed by atoms with E-state index in [1.54, 1.807) is 6.20 Å². The van der Waals surface area contributed by atoms with Crippen molar-refractivity contribution in [1.29, 1.82) is 0 Å². The Balaban J connectivity index is 1.32. The molecule has 0 amide bonds. The number of rotatable bonds is 7. The average Bonchev–Trinajstić information content (AvgIpc) is 3.71. The van der Waals surface area contributed by atoms with Crippen LogP contribution in [0.15, 0.2) is 47.1 Å². The van der Waals surface area contributed by atoms with Crippen LogP contribution in [0.5, 0.6) is 0 Å². The third kappa shape index (κ3) is 4.86. The van der Waals surface area contributed by atoms with E-state index in [2.05, 4.69) is 54.4 Å². The molecule has 0 bridgehead atoms. The van der Waals surface area contributed by atoms with Gasteiger partial charge in [-0.25, -0.2) is 0 Å². The van der Waals surface area contributed by atoms with E-state index < -0.39 is 0 Å². The lowest BCUT2D eigenvalue weighted by molar-refractivity contribution is 0.315. The highest BCUT2D eigenvalue weighted by Crippen LogP contribution is 2.37. The molecule has 0 spiro atoms. The number of hydrogen-bond acceptors (Lipinski definition) is 10. The third-order valence-corrected chi connectivity index (χ3v) is 7.17. The first kappa shape index (κ1) is 23.4. The molecular formula is C26H32N10O. The summed E-state index contributed by atoms with van der Waals surface area (Å²) in [5, 5.41) is 15.0. The Morgan fingerprint density at radius 1 is 1.05 bits per heavy atom. The maximum atomic E-state index is 5.82. The minimum atomic E-state index is 0.00814. The minimum absolute atomic E-state index is 0.00814. The minimum Gasteiger partial charge on any atom is -0.358 e. The first-order valence-electron chi connectivity index (χ1n) is 12.8. The van der Waals surface area contributed by atoms with Crippen LogP contribution in [-0.4, -0.2) is 75.0 Å². The van der Waals surface area contributed by atoms with Gasteiger partial charge in [0, 0.05) is 55.8 Å². The van der Waals surface area contributed by atoms with Gasteiger partial charge in [-0.2, -0.15) is 15.1 Å². The van der Waals surface area contributed by atoms with Crippen LogP contribution in [0, 0.1) is 6.92 Å². The van der Waals surface area contributed by atoms with Crippen LogP contribution in [0.25, 0.3) is 11.4 Å². The van der Waals surface area contributed by atoms with Crippen LogP contribution in [0.1, 0.15) is 36.8 Å². The van der Waals surface area contributed by atoms with Crippen LogP contribution < -0.4 is 15.1 Å². The molecule has 2 N–H and O–H groups in total. The van der Waals surface area contributed by atoms with Crippen molar-refractivity contribution in [2.24, 2.45) is 0 Å². The van der Waals surface area contributed by atoms with E-state index in [0.29, 0.717) is 12.0 Å². The van der Waals surface area contributed by atoms with Crippen LogP contribution in [0.2, 0.25) is 0 Å². The van der Waals surface area contributed by atoms with Gasteiger partial charge in [-0.3, -0.25) is 10.1 Å². The molecule has 0 aromatic carbocycles. The molecule has 0 radical (unpaired) electrons. The molecule has 11 heteroatoms. The van der Waals surface area contributed by atoms with Gasteiger partial charge in [-0.15, -0.1) is 0 Å². The second kappa shape index (κ2) is 9.81. The summed E-state index contributed by atoms with van der Waals surface area (Å²) in [4.78, 5) is 21.2. The lowest BCUT2D eigenvalue weighted by Crippen LogP contribution is -2.32. The number of aromatic amines is 1. The topological polar surface area (TPSA) is 115 Å². The van der Waals surface area contributed by atoms with Gasteiger partial charge in [-0.1, -0.05) is 11.2 Å². The molecule has 2 aliphatic heterocycles. The fraction of sp³-hybridized carbons (Fsp3) is 0.423. The van der Waals surface area contributed by atoms with E-state index >= 15 is 0 Å². The lowest BCUT2D eigenvalue weighted by atomic mass is 10.1. The number of aromatic nitrogens is 6. The third-order valence-electron chi connectivity index (χ3n) is 7.17. The summed E-state index contributed by atoms with van der Waals surface area (Å²) in [5.74, 6) is 3.85. The summed E-state index contributed by atoms with van der Waals surface area (Å²) in [6, 6.07) is 12.3. The zero-order valence-corrected chi connectivity index (χ0v) is 21.4. The highest BCUT2D eigenvalue weighted by Gasteiger charge is 2.33.